The minimum absolute atomic E-state index is 0.0736. The van der Waals surface area contributed by atoms with Gasteiger partial charge in [-0.05, 0) is 55.5 Å². The number of hydrogen-bond acceptors (Lipinski definition) is 7. The van der Waals surface area contributed by atoms with Crippen LogP contribution in [0.2, 0.25) is 0 Å². The molecule has 4 heterocycles. The van der Waals surface area contributed by atoms with Gasteiger partial charge in [0.05, 0.1) is 37.1 Å². The fraction of sp³-hybridized carbons (Fsp3) is 0.452. The minimum atomic E-state index is -0.744. The lowest BCUT2D eigenvalue weighted by atomic mass is 9.96. The molecule has 2 saturated heterocycles. The van der Waals surface area contributed by atoms with Gasteiger partial charge in [0, 0.05) is 32.4 Å². The molecule has 9 nitrogen and oxygen atoms in total. The van der Waals surface area contributed by atoms with E-state index >= 15 is 0 Å². The van der Waals surface area contributed by atoms with Gasteiger partial charge in [-0.1, -0.05) is 32.0 Å². The lowest BCUT2D eigenvalue weighted by molar-refractivity contribution is -0.140. The largest absolute Gasteiger partial charge is 0.505 e. The number of aryl methyl sites for hydroxylation is 1. The molecule has 9 heteroatoms. The molecule has 3 aromatic rings. The highest BCUT2D eigenvalue weighted by Gasteiger charge is 2.46. The monoisotopic (exact) mass is 546 g/mol. The number of aliphatic hydroxyl groups is 1. The van der Waals surface area contributed by atoms with E-state index in [9.17, 15) is 14.7 Å². The van der Waals surface area contributed by atoms with Crippen LogP contribution in [-0.4, -0.2) is 82.0 Å². The van der Waals surface area contributed by atoms with Gasteiger partial charge in [0.2, 0.25) is 0 Å². The van der Waals surface area contributed by atoms with Crippen LogP contribution in [0.1, 0.15) is 49.7 Å². The van der Waals surface area contributed by atoms with E-state index in [-0.39, 0.29) is 11.3 Å². The van der Waals surface area contributed by atoms with Gasteiger partial charge in [0.15, 0.2) is 5.76 Å². The molecule has 1 atom stereocenters. The summed E-state index contributed by atoms with van der Waals surface area (Å²) in [7, 11) is 0. The summed E-state index contributed by atoms with van der Waals surface area (Å²) in [4.78, 5) is 35.5. The summed E-state index contributed by atoms with van der Waals surface area (Å²) in [6, 6.07) is 12.3. The first-order valence-corrected chi connectivity index (χ1v) is 14.1. The van der Waals surface area contributed by atoms with Crippen molar-refractivity contribution in [2.24, 2.45) is 5.92 Å². The fourth-order valence-corrected chi connectivity index (χ4v) is 5.46. The van der Waals surface area contributed by atoms with Crippen LogP contribution in [0.3, 0.4) is 0 Å². The Kier molecular flexibility index (Phi) is 8.52. The van der Waals surface area contributed by atoms with E-state index in [0.29, 0.717) is 61.5 Å². The molecule has 2 fully saturated rings. The summed E-state index contributed by atoms with van der Waals surface area (Å²) in [5, 5.41) is 11.7. The Morgan fingerprint density at radius 3 is 2.70 bits per heavy atom. The number of Topliss-reactive ketones (excluding diaryl/α,β-unsaturated/α-hetero) is 1. The van der Waals surface area contributed by atoms with E-state index in [4.69, 9.17) is 9.47 Å². The Balaban J connectivity index is 1.52. The van der Waals surface area contributed by atoms with Crippen LogP contribution in [0.15, 0.2) is 54.2 Å². The van der Waals surface area contributed by atoms with Crippen LogP contribution >= 0.6 is 0 Å². The maximum atomic E-state index is 13.6. The van der Waals surface area contributed by atoms with Crippen LogP contribution in [-0.2, 0) is 14.3 Å². The third kappa shape index (κ3) is 5.76. The fourth-order valence-electron chi connectivity index (χ4n) is 5.46. The second-order valence-electron chi connectivity index (χ2n) is 10.9. The lowest BCUT2D eigenvalue weighted by Gasteiger charge is -2.29. The number of likely N-dealkylation sites (tertiary alicyclic amines) is 1. The predicted molar refractivity (Wildman–Crippen MR) is 152 cm³/mol. The standard InChI is InChI=1S/C31H38N4O5/c1-21(2)11-17-40-24-9-6-8-23(20-24)28-26(29(36)27-22(3)32-25-10-4-5-13-34(25)27)30(37)31(38)35(28)14-7-12-33-15-18-39-19-16-33/h4-6,8-10,13,20-21,28,36H,7,11-12,14-19H2,1-3H3. The van der Waals surface area contributed by atoms with Crippen molar-refractivity contribution in [1.29, 1.82) is 0 Å². The maximum absolute atomic E-state index is 13.6. The number of carbonyl (C=O) groups excluding carboxylic acids is 2. The van der Waals surface area contributed by atoms with Crippen molar-refractivity contribution in [2.75, 3.05) is 46.0 Å². The molecule has 40 heavy (non-hydrogen) atoms. The molecule has 5 rings (SSSR count). The van der Waals surface area contributed by atoms with Crippen molar-refractivity contribution < 1.29 is 24.2 Å². The van der Waals surface area contributed by atoms with Crippen molar-refractivity contribution in [3.8, 4) is 5.75 Å². The summed E-state index contributed by atoms with van der Waals surface area (Å²) in [6.45, 7) is 10.9. The molecular formula is C31H38N4O5. The van der Waals surface area contributed by atoms with Crippen molar-refractivity contribution in [3.63, 3.8) is 0 Å². The number of carbonyl (C=O) groups is 2. The van der Waals surface area contributed by atoms with Gasteiger partial charge in [0.1, 0.15) is 17.1 Å². The maximum Gasteiger partial charge on any atom is 0.295 e. The van der Waals surface area contributed by atoms with E-state index in [2.05, 4.69) is 23.7 Å². The number of imidazole rings is 1. The normalized spacial score (nSPS) is 19.7. The number of amides is 1. The number of aliphatic hydroxyl groups excluding tert-OH is 1. The first kappa shape index (κ1) is 27.9. The summed E-state index contributed by atoms with van der Waals surface area (Å²) in [5.74, 6) is -0.337. The van der Waals surface area contributed by atoms with Gasteiger partial charge in [-0.15, -0.1) is 0 Å². The second-order valence-corrected chi connectivity index (χ2v) is 10.9. The number of ether oxygens (including phenoxy) is 2. The van der Waals surface area contributed by atoms with Crippen LogP contribution in [0.4, 0.5) is 0 Å². The van der Waals surface area contributed by atoms with Crippen molar-refractivity contribution >= 4 is 23.1 Å². The Hall–Kier alpha value is -3.69. The molecule has 2 aliphatic rings. The molecule has 1 aromatic carbocycles. The molecule has 0 aliphatic carbocycles. The number of nitrogens with zero attached hydrogens (tertiary/aromatic N) is 4. The summed E-state index contributed by atoms with van der Waals surface area (Å²) >= 11 is 0. The zero-order chi connectivity index (χ0) is 28.2. The molecule has 212 valence electrons. The van der Waals surface area contributed by atoms with Crippen LogP contribution < -0.4 is 4.74 Å². The molecular weight excluding hydrogens is 508 g/mol. The Morgan fingerprint density at radius 1 is 1.12 bits per heavy atom. The SMILES string of the molecule is Cc1nc2ccccn2c1C(O)=C1C(=O)C(=O)N(CCCN2CCOCC2)C1c1cccc(OCCC(C)C)c1. The lowest BCUT2D eigenvalue weighted by Crippen LogP contribution is -2.38. The van der Waals surface area contributed by atoms with Crippen molar-refractivity contribution in [1.82, 2.24) is 19.2 Å². The van der Waals surface area contributed by atoms with Gasteiger partial charge < -0.3 is 19.5 Å². The highest BCUT2D eigenvalue weighted by molar-refractivity contribution is 6.46. The molecule has 1 amide bonds. The average molecular weight is 547 g/mol. The third-order valence-electron chi connectivity index (χ3n) is 7.58. The smallest absolute Gasteiger partial charge is 0.295 e. The number of aromatic nitrogens is 2. The number of rotatable bonds is 10. The second kappa shape index (κ2) is 12.2. The molecule has 0 bridgehead atoms. The topological polar surface area (TPSA) is 96.6 Å². The molecule has 1 N–H and O–H groups in total. The first-order valence-electron chi connectivity index (χ1n) is 14.1. The highest BCUT2D eigenvalue weighted by Crippen LogP contribution is 2.41. The molecule has 2 aliphatic heterocycles. The Morgan fingerprint density at radius 2 is 1.93 bits per heavy atom. The van der Waals surface area contributed by atoms with Gasteiger partial charge in [-0.3, -0.25) is 18.9 Å². The average Bonchev–Trinajstić information content (AvgIpc) is 3.41. The summed E-state index contributed by atoms with van der Waals surface area (Å²) < 4.78 is 13.2. The summed E-state index contributed by atoms with van der Waals surface area (Å²) in [5.41, 5.74) is 2.44. The van der Waals surface area contributed by atoms with Gasteiger partial charge >= 0.3 is 0 Å². The molecule has 0 radical (unpaired) electrons. The molecule has 1 unspecified atom stereocenters. The number of morpholine rings is 1. The van der Waals surface area contributed by atoms with Crippen LogP contribution in [0.25, 0.3) is 11.4 Å². The van der Waals surface area contributed by atoms with E-state index in [1.807, 2.05) is 42.5 Å². The highest BCUT2D eigenvalue weighted by atomic mass is 16.5. The number of benzene rings is 1. The van der Waals surface area contributed by atoms with E-state index in [1.165, 1.54) is 0 Å². The van der Waals surface area contributed by atoms with Crippen LogP contribution in [0.5, 0.6) is 5.75 Å². The van der Waals surface area contributed by atoms with Crippen molar-refractivity contribution in [3.05, 3.63) is 71.2 Å². The summed E-state index contributed by atoms with van der Waals surface area (Å²) in [6.07, 6.45) is 3.40. The minimum Gasteiger partial charge on any atom is -0.505 e. The van der Waals surface area contributed by atoms with E-state index in [1.54, 1.807) is 22.4 Å². The van der Waals surface area contributed by atoms with E-state index in [0.717, 1.165) is 31.6 Å². The number of pyridine rings is 1. The molecule has 0 saturated carbocycles. The predicted octanol–water partition coefficient (Wildman–Crippen LogP) is 4.21. The van der Waals surface area contributed by atoms with Gasteiger partial charge in [0.25, 0.3) is 11.7 Å². The first-order chi connectivity index (χ1) is 19.3. The number of fused-ring (bicyclic) bond motifs is 1. The van der Waals surface area contributed by atoms with Crippen LogP contribution in [0, 0.1) is 12.8 Å². The van der Waals surface area contributed by atoms with E-state index < -0.39 is 17.7 Å². The molecule has 2 aromatic heterocycles. The molecule has 0 spiro atoms. The quantitative estimate of drug-likeness (QED) is 0.231. The third-order valence-corrected chi connectivity index (χ3v) is 7.58. The number of ketones is 1. The number of hydrogen-bond donors (Lipinski definition) is 1. The Bertz CT molecular complexity index is 1410. The zero-order valence-electron chi connectivity index (χ0n) is 23.5. The Labute approximate surface area is 235 Å². The van der Waals surface area contributed by atoms with Gasteiger partial charge in [-0.25, -0.2) is 4.98 Å². The van der Waals surface area contributed by atoms with Crippen molar-refractivity contribution in [2.45, 2.75) is 39.7 Å². The van der Waals surface area contributed by atoms with Gasteiger partial charge in [-0.2, -0.15) is 0 Å². The zero-order valence-corrected chi connectivity index (χ0v) is 23.5.